The summed E-state index contributed by atoms with van der Waals surface area (Å²) < 4.78 is 0. The normalized spacial score (nSPS) is 15.3. The molecular formula is C31H31N5O. The lowest BCUT2D eigenvalue weighted by Gasteiger charge is -2.34. The van der Waals surface area contributed by atoms with E-state index >= 15 is 0 Å². The standard InChI is InChI=1S/C31H31N5O/c37-29(27-19-23-9-1-2-10-24(23)20-33-27)16-5-6-18-36(21-30-34-25-13-3-4-14-26(25)35-30)28-15-7-11-22-12-8-17-32-31(22)28/h1-4,8-10,12-14,17,19-20,28H,5-7,11,15-16,18,21H2,(H,34,35). The minimum absolute atomic E-state index is 0.110. The summed E-state index contributed by atoms with van der Waals surface area (Å²) in [6.45, 7) is 1.62. The molecule has 6 rings (SSSR count). The SMILES string of the molecule is O=C(CCCCN(Cc1nc2ccccc2[nH]1)C1CCCc2cccnc21)c1cc2ccccc2cn1. The van der Waals surface area contributed by atoms with Gasteiger partial charge in [-0.05, 0) is 73.9 Å². The van der Waals surface area contributed by atoms with Gasteiger partial charge >= 0.3 is 0 Å². The Balaban J connectivity index is 1.15. The second-order valence-corrected chi connectivity index (χ2v) is 9.92. The van der Waals surface area contributed by atoms with Gasteiger partial charge in [-0.1, -0.05) is 42.5 Å². The molecule has 0 aliphatic heterocycles. The number of benzene rings is 2. The number of carbonyl (C=O) groups excluding carboxylic acids is 1. The van der Waals surface area contributed by atoms with Crippen LogP contribution in [0.3, 0.4) is 0 Å². The highest BCUT2D eigenvalue weighted by atomic mass is 16.1. The lowest BCUT2D eigenvalue weighted by Crippen LogP contribution is -2.33. The predicted molar refractivity (Wildman–Crippen MR) is 146 cm³/mol. The van der Waals surface area contributed by atoms with Crippen molar-refractivity contribution in [1.82, 2.24) is 24.8 Å². The molecule has 3 aromatic heterocycles. The average Bonchev–Trinajstić information content (AvgIpc) is 3.36. The van der Waals surface area contributed by atoms with Gasteiger partial charge in [-0.15, -0.1) is 0 Å². The molecule has 6 nitrogen and oxygen atoms in total. The van der Waals surface area contributed by atoms with Crippen molar-refractivity contribution in [2.75, 3.05) is 6.54 Å². The molecule has 1 aliphatic carbocycles. The number of aromatic nitrogens is 4. The van der Waals surface area contributed by atoms with Crippen molar-refractivity contribution in [3.05, 3.63) is 102 Å². The Kier molecular flexibility index (Phi) is 6.74. The number of nitrogens with one attached hydrogen (secondary N) is 1. The number of hydrogen-bond donors (Lipinski definition) is 1. The zero-order valence-corrected chi connectivity index (χ0v) is 20.9. The van der Waals surface area contributed by atoms with E-state index in [9.17, 15) is 4.79 Å². The third kappa shape index (κ3) is 5.16. The smallest absolute Gasteiger partial charge is 0.181 e. The average molecular weight is 490 g/mol. The number of ketones is 1. The topological polar surface area (TPSA) is 74.8 Å². The Morgan fingerprint density at radius 1 is 0.973 bits per heavy atom. The molecule has 0 saturated heterocycles. The van der Waals surface area contributed by atoms with Crippen molar-refractivity contribution in [2.24, 2.45) is 0 Å². The molecule has 2 aromatic carbocycles. The fourth-order valence-electron chi connectivity index (χ4n) is 5.52. The van der Waals surface area contributed by atoms with Gasteiger partial charge in [0.25, 0.3) is 0 Å². The van der Waals surface area contributed by atoms with Crippen LogP contribution in [0.5, 0.6) is 0 Å². The van der Waals surface area contributed by atoms with Crippen LogP contribution in [0.15, 0.2) is 79.1 Å². The maximum atomic E-state index is 12.9. The fourth-order valence-corrected chi connectivity index (χ4v) is 5.52. The number of Topliss-reactive ketones (excluding diaryl/α,β-unsaturated/α-hetero) is 1. The first kappa shape index (κ1) is 23.5. The number of unbranched alkanes of at least 4 members (excludes halogenated alkanes) is 1. The predicted octanol–water partition coefficient (Wildman–Crippen LogP) is 6.44. The van der Waals surface area contributed by atoms with E-state index in [1.807, 2.05) is 60.8 Å². The molecule has 37 heavy (non-hydrogen) atoms. The fraction of sp³-hybridized carbons (Fsp3) is 0.290. The third-order valence-corrected chi connectivity index (χ3v) is 7.41. The molecular weight excluding hydrogens is 458 g/mol. The Morgan fingerprint density at radius 2 is 1.84 bits per heavy atom. The molecule has 5 aromatic rings. The summed E-state index contributed by atoms with van der Waals surface area (Å²) in [7, 11) is 0. The summed E-state index contributed by atoms with van der Waals surface area (Å²) >= 11 is 0. The zero-order chi connectivity index (χ0) is 25.0. The number of para-hydroxylation sites is 2. The number of aryl methyl sites for hydroxylation is 1. The van der Waals surface area contributed by atoms with Crippen LogP contribution in [-0.4, -0.2) is 37.2 Å². The molecule has 1 atom stereocenters. The Morgan fingerprint density at radius 3 is 2.76 bits per heavy atom. The molecule has 0 bridgehead atoms. The van der Waals surface area contributed by atoms with E-state index in [2.05, 4.69) is 27.0 Å². The van der Waals surface area contributed by atoms with E-state index in [4.69, 9.17) is 9.97 Å². The second-order valence-electron chi connectivity index (χ2n) is 9.92. The van der Waals surface area contributed by atoms with Crippen LogP contribution in [0.1, 0.15) is 65.7 Å². The highest BCUT2D eigenvalue weighted by Crippen LogP contribution is 2.34. The van der Waals surface area contributed by atoms with E-state index in [1.165, 1.54) is 11.3 Å². The van der Waals surface area contributed by atoms with Crippen LogP contribution in [0.2, 0.25) is 0 Å². The molecule has 0 spiro atoms. The van der Waals surface area contributed by atoms with Gasteiger partial charge in [-0.2, -0.15) is 0 Å². The van der Waals surface area contributed by atoms with Gasteiger partial charge in [0, 0.05) is 24.2 Å². The number of nitrogens with zero attached hydrogens (tertiary/aromatic N) is 4. The van der Waals surface area contributed by atoms with Crippen LogP contribution >= 0.6 is 0 Å². The maximum absolute atomic E-state index is 12.9. The van der Waals surface area contributed by atoms with Crippen LogP contribution in [0.4, 0.5) is 0 Å². The largest absolute Gasteiger partial charge is 0.341 e. The first-order valence-electron chi connectivity index (χ1n) is 13.2. The van der Waals surface area contributed by atoms with Crippen LogP contribution < -0.4 is 0 Å². The summed E-state index contributed by atoms with van der Waals surface area (Å²) in [4.78, 5) is 32.9. The van der Waals surface area contributed by atoms with Gasteiger partial charge in [0.05, 0.1) is 29.3 Å². The highest BCUT2D eigenvalue weighted by Gasteiger charge is 2.27. The van der Waals surface area contributed by atoms with Crippen molar-refractivity contribution >= 4 is 27.6 Å². The molecule has 0 amide bonds. The zero-order valence-electron chi connectivity index (χ0n) is 20.9. The van der Waals surface area contributed by atoms with Gasteiger partial charge in [0.15, 0.2) is 5.78 Å². The van der Waals surface area contributed by atoms with Gasteiger partial charge in [-0.3, -0.25) is 19.7 Å². The lowest BCUT2D eigenvalue weighted by molar-refractivity contribution is 0.0970. The number of pyridine rings is 2. The summed E-state index contributed by atoms with van der Waals surface area (Å²) in [5.41, 5.74) is 5.16. The van der Waals surface area contributed by atoms with E-state index in [1.54, 1.807) is 6.20 Å². The quantitative estimate of drug-likeness (QED) is 0.190. The second kappa shape index (κ2) is 10.6. The number of H-pyrrole nitrogens is 1. The molecule has 1 aliphatic rings. The molecule has 0 saturated carbocycles. The number of carbonyl (C=O) groups is 1. The summed E-state index contributed by atoms with van der Waals surface area (Å²) in [5.74, 6) is 1.08. The molecule has 186 valence electrons. The van der Waals surface area contributed by atoms with E-state index < -0.39 is 0 Å². The Hall–Kier alpha value is -3.90. The van der Waals surface area contributed by atoms with Crippen molar-refractivity contribution in [3.8, 4) is 0 Å². The van der Waals surface area contributed by atoms with Crippen LogP contribution in [0, 0.1) is 0 Å². The number of rotatable bonds is 9. The Labute approximate surface area is 216 Å². The Bertz CT molecular complexity index is 1510. The first-order chi connectivity index (χ1) is 18.2. The number of imidazole rings is 1. The maximum Gasteiger partial charge on any atom is 0.181 e. The molecule has 3 heterocycles. The molecule has 6 heteroatoms. The molecule has 1 N–H and O–H groups in total. The number of aromatic amines is 1. The van der Waals surface area contributed by atoms with Crippen molar-refractivity contribution < 1.29 is 4.79 Å². The number of fused-ring (bicyclic) bond motifs is 3. The summed E-state index contributed by atoms with van der Waals surface area (Å²) in [5, 5.41) is 2.11. The van der Waals surface area contributed by atoms with Gasteiger partial charge in [0.2, 0.25) is 0 Å². The highest BCUT2D eigenvalue weighted by molar-refractivity contribution is 5.97. The molecule has 1 unspecified atom stereocenters. The molecule has 0 fully saturated rings. The monoisotopic (exact) mass is 489 g/mol. The van der Waals surface area contributed by atoms with Crippen molar-refractivity contribution in [2.45, 2.75) is 51.1 Å². The third-order valence-electron chi connectivity index (χ3n) is 7.41. The van der Waals surface area contributed by atoms with E-state index in [-0.39, 0.29) is 11.8 Å². The first-order valence-corrected chi connectivity index (χ1v) is 13.2. The van der Waals surface area contributed by atoms with Crippen LogP contribution in [-0.2, 0) is 13.0 Å². The van der Waals surface area contributed by atoms with Gasteiger partial charge in [-0.25, -0.2) is 4.98 Å². The van der Waals surface area contributed by atoms with E-state index in [0.29, 0.717) is 12.1 Å². The molecule has 0 radical (unpaired) electrons. The summed E-state index contributed by atoms with van der Waals surface area (Å²) in [6, 6.07) is 22.6. The number of hydrogen-bond acceptors (Lipinski definition) is 5. The van der Waals surface area contributed by atoms with Crippen LogP contribution in [0.25, 0.3) is 21.8 Å². The minimum atomic E-state index is 0.110. The van der Waals surface area contributed by atoms with E-state index in [0.717, 1.165) is 72.8 Å². The van der Waals surface area contributed by atoms with Crippen molar-refractivity contribution in [1.29, 1.82) is 0 Å². The minimum Gasteiger partial charge on any atom is -0.341 e. The van der Waals surface area contributed by atoms with Gasteiger partial charge < -0.3 is 4.98 Å². The van der Waals surface area contributed by atoms with Crippen molar-refractivity contribution in [3.63, 3.8) is 0 Å². The lowest BCUT2D eigenvalue weighted by atomic mass is 9.90. The summed E-state index contributed by atoms with van der Waals surface area (Å²) in [6.07, 6.45) is 9.30. The van der Waals surface area contributed by atoms with Gasteiger partial charge in [0.1, 0.15) is 11.5 Å².